The lowest BCUT2D eigenvalue weighted by Crippen LogP contribution is -2.19. The first-order valence-electron chi connectivity index (χ1n) is 10.7. The van der Waals surface area contributed by atoms with Crippen LogP contribution in [0, 0.1) is 18.3 Å². The first-order valence-corrected chi connectivity index (χ1v) is 13.1. The van der Waals surface area contributed by atoms with Gasteiger partial charge >= 0.3 is 0 Å². The molecule has 0 bridgehead atoms. The van der Waals surface area contributed by atoms with E-state index in [2.05, 4.69) is 19.7 Å². The van der Waals surface area contributed by atoms with Crippen molar-refractivity contribution in [3.8, 4) is 28.8 Å². The second-order valence-corrected chi connectivity index (χ2v) is 10.6. The van der Waals surface area contributed by atoms with Crippen LogP contribution < -0.4 is 9.46 Å². The van der Waals surface area contributed by atoms with Crippen molar-refractivity contribution in [2.75, 3.05) is 25.4 Å². The highest BCUT2D eigenvalue weighted by molar-refractivity contribution is 7.93. The summed E-state index contributed by atoms with van der Waals surface area (Å²) in [6.07, 6.45) is 1.50. The number of ether oxygens (including phenoxy) is 1. The molecule has 0 atom stereocenters. The number of nitriles is 1. The lowest BCUT2D eigenvalue weighted by Gasteiger charge is -2.13. The van der Waals surface area contributed by atoms with Crippen molar-refractivity contribution < 1.29 is 13.2 Å². The van der Waals surface area contributed by atoms with Crippen LogP contribution in [0.5, 0.6) is 11.5 Å². The molecule has 0 aliphatic heterocycles. The highest BCUT2D eigenvalue weighted by Gasteiger charge is 2.18. The largest absolute Gasteiger partial charge is 0.456 e. The van der Waals surface area contributed by atoms with Gasteiger partial charge in [0.1, 0.15) is 17.6 Å². The summed E-state index contributed by atoms with van der Waals surface area (Å²) in [5.41, 5.74) is 2.90. The molecule has 2 heterocycles. The Balaban J connectivity index is 1.59. The van der Waals surface area contributed by atoms with Crippen LogP contribution in [0.25, 0.3) is 11.3 Å². The zero-order valence-electron chi connectivity index (χ0n) is 19.5. The number of benzene rings is 2. The third-order valence-electron chi connectivity index (χ3n) is 5.05. The maximum Gasteiger partial charge on any atom is 0.263 e. The average Bonchev–Trinajstić information content (AvgIpc) is 3.46. The van der Waals surface area contributed by atoms with Crippen molar-refractivity contribution in [3.63, 3.8) is 0 Å². The van der Waals surface area contributed by atoms with E-state index in [0.717, 1.165) is 30.0 Å². The van der Waals surface area contributed by atoms with E-state index in [1.54, 1.807) is 11.4 Å². The molecule has 9 nitrogen and oxygen atoms in total. The summed E-state index contributed by atoms with van der Waals surface area (Å²) in [6.45, 7) is 3.54. The number of nitrogens with one attached hydrogen (secondary N) is 1. The maximum absolute atomic E-state index is 12.7. The molecular weight excluding hydrogens is 484 g/mol. The Morgan fingerprint density at radius 3 is 2.74 bits per heavy atom. The number of rotatable bonds is 9. The Labute approximate surface area is 208 Å². The van der Waals surface area contributed by atoms with E-state index in [1.807, 2.05) is 56.0 Å². The van der Waals surface area contributed by atoms with Crippen LogP contribution in [0.4, 0.5) is 5.13 Å². The van der Waals surface area contributed by atoms with E-state index in [4.69, 9.17) is 4.74 Å². The van der Waals surface area contributed by atoms with Crippen LogP contribution >= 0.6 is 11.3 Å². The first-order chi connectivity index (χ1) is 16.7. The fourth-order valence-corrected chi connectivity index (χ4v) is 5.20. The number of likely N-dealkylation sites (N-methyl/N-ethyl adjacent to an activating group) is 1. The number of thiazole rings is 1. The molecule has 2 aromatic carbocycles. The first kappa shape index (κ1) is 24.4. The van der Waals surface area contributed by atoms with E-state index in [-0.39, 0.29) is 21.3 Å². The summed E-state index contributed by atoms with van der Waals surface area (Å²) in [6, 6.07) is 15.7. The fourth-order valence-electron chi connectivity index (χ4n) is 3.39. The van der Waals surface area contributed by atoms with E-state index in [1.165, 1.54) is 35.7 Å². The third-order valence-corrected chi connectivity index (χ3v) is 7.21. The SMILES string of the molecule is Cc1cc(-c2cccc(Oc3ccc(S(=O)(=O)Nc4nccs4)cc3C#N)c2)n(CCN(C)C)n1. The van der Waals surface area contributed by atoms with Gasteiger partial charge in [0.25, 0.3) is 10.0 Å². The summed E-state index contributed by atoms with van der Waals surface area (Å²) in [5, 5.41) is 16.2. The van der Waals surface area contributed by atoms with Gasteiger partial charge in [-0.15, -0.1) is 11.3 Å². The molecule has 35 heavy (non-hydrogen) atoms. The molecule has 0 aliphatic rings. The van der Waals surface area contributed by atoms with Gasteiger partial charge in [-0.25, -0.2) is 13.4 Å². The summed E-state index contributed by atoms with van der Waals surface area (Å²) in [7, 11) is 0.149. The Kier molecular flexibility index (Phi) is 7.16. The van der Waals surface area contributed by atoms with E-state index in [9.17, 15) is 13.7 Å². The predicted octanol–water partition coefficient (Wildman–Crippen LogP) is 4.34. The quantitative estimate of drug-likeness (QED) is 0.358. The number of aryl methyl sites for hydroxylation is 1. The fraction of sp³-hybridized carbons (Fsp3) is 0.208. The van der Waals surface area contributed by atoms with Crippen molar-refractivity contribution in [3.05, 3.63) is 71.4 Å². The molecule has 180 valence electrons. The second kappa shape index (κ2) is 10.3. The average molecular weight is 509 g/mol. The zero-order valence-corrected chi connectivity index (χ0v) is 21.1. The Morgan fingerprint density at radius 1 is 1.20 bits per heavy atom. The van der Waals surface area contributed by atoms with Gasteiger partial charge in [0.05, 0.1) is 28.4 Å². The van der Waals surface area contributed by atoms with Crippen LogP contribution in [0.15, 0.2) is 65.0 Å². The van der Waals surface area contributed by atoms with E-state index >= 15 is 0 Å². The molecule has 2 aromatic heterocycles. The van der Waals surface area contributed by atoms with Crippen molar-refractivity contribution in [1.29, 1.82) is 5.26 Å². The Bertz CT molecular complexity index is 1470. The molecule has 11 heteroatoms. The number of hydrogen-bond acceptors (Lipinski definition) is 8. The van der Waals surface area contributed by atoms with E-state index in [0.29, 0.717) is 5.75 Å². The molecule has 0 saturated carbocycles. The minimum atomic E-state index is -3.88. The number of anilines is 1. The molecule has 0 radical (unpaired) electrons. The molecule has 0 aliphatic carbocycles. The highest BCUT2D eigenvalue weighted by Crippen LogP contribution is 2.31. The summed E-state index contributed by atoms with van der Waals surface area (Å²) < 4.78 is 35.7. The molecule has 0 spiro atoms. The summed E-state index contributed by atoms with van der Waals surface area (Å²) >= 11 is 1.17. The Morgan fingerprint density at radius 2 is 2.03 bits per heavy atom. The molecule has 0 saturated heterocycles. The lowest BCUT2D eigenvalue weighted by atomic mass is 10.1. The van der Waals surface area contributed by atoms with Crippen molar-refractivity contribution in [2.45, 2.75) is 18.4 Å². The smallest absolute Gasteiger partial charge is 0.263 e. The number of nitrogens with zero attached hydrogens (tertiary/aromatic N) is 5. The molecule has 0 unspecified atom stereocenters. The topological polar surface area (TPSA) is 113 Å². The van der Waals surface area contributed by atoms with Gasteiger partial charge < -0.3 is 9.64 Å². The number of sulfonamides is 1. The van der Waals surface area contributed by atoms with Crippen LogP contribution in [0.1, 0.15) is 11.3 Å². The standard InChI is InChI=1S/C24H24N6O3S2/c1-17-13-22(30(27-17)11-10-29(2)3)18-5-4-6-20(14-18)33-23-8-7-21(15-19(23)16-25)35(31,32)28-24-26-9-12-34-24/h4-9,12-15H,10-11H2,1-3H3,(H,26,28). The third kappa shape index (κ3) is 5.86. The van der Waals surface area contributed by atoms with Crippen molar-refractivity contribution >= 4 is 26.5 Å². The van der Waals surface area contributed by atoms with Gasteiger partial charge in [-0.1, -0.05) is 12.1 Å². The normalized spacial score (nSPS) is 11.4. The van der Waals surface area contributed by atoms with Crippen molar-refractivity contribution in [1.82, 2.24) is 19.7 Å². The van der Waals surface area contributed by atoms with Crippen LogP contribution in [-0.4, -0.2) is 48.7 Å². The minimum absolute atomic E-state index is 0.0504. The molecule has 4 aromatic rings. The minimum Gasteiger partial charge on any atom is -0.456 e. The zero-order chi connectivity index (χ0) is 25.0. The molecule has 1 N–H and O–H groups in total. The summed E-state index contributed by atoms with van der Waals surface area (Å²) in [4.78, 5) is 5.98. The Hall–Kier alpha value is -3.72. The maximum atomic E-state index is 12.7. The lowest BCUT2D eigenvalue weighted by molar-refractivity contribution is 0.374. The van der Waals surface area contributed by atoms with Gasteiger partial charge in [0.15, 0.2) is 5.13 Å². The van der Waals surface area contributed by atoms with Crippen LogP contribution in [0.2, 0.25) is 0 Å². The summed E-state index contributed by atoms with van der Waals surface area (Å²) in [5.74, 6) is 0.781. The van der Waals surface area contributed by atoms with Crippen LogP contribution in [0.3, 0.4) is 0 Å². The van der Waals surface area contributed by atoms with E-state index < -0.39 is 10.0 Å². The van der Waals surface area contributed by atoms with Gasteiger partial charge in [-0.3, -0.25) is 9.40 Å². The predicted molar refractivity (Wildman–Crippen MR) is 135 cm³/mol. The van der Waals surface area contributed by atoms with Gasteiger partial charge in [-0.05, 0) is 57.4 Å². The molecule has 0 fully saturated rings. The van der Waals surface area contributed by atoms with Gasteiger partial charge in [0, 0.05) is 23.7 Å². The van der Waals surface area contributed by atoms with Crippen molar-refractivity contribution in [2.24, 2.45) is 0 Å². The molecular formula is C24H24N6O3S2. The molecule has 4 rings (SSSR count). The second-order valence-electron chi connectivity index (χ2n) is 8.04. The molecule has 0 amide bonds. The monoisotopic (exact) mass is 508 g/mol. The van der Waals surface area contributed by atoms with Gasteiger partial charge in [0.2, 0.25) is 0 Å². The number of hydrogen-bond donors (Lipinski definition) is 1. The number of aromatic nitrogens is 3. The van der Waals surface area contributed by atoms with Crippen LogP contribution in [-0.2, 0) is 16.6 Å². The van der Waals surface area contributed by atoms with Gasteiger partial charge in [-0.2, -0.15) is 10.4 Å². The highest BCUT2D eigenvalue weighted by atomic mass is 32.2.